The summed E-state index contributed by atoms with van der Waals surface area (Å²) in [5, 5.41) is 14.1. The van der Waals surface area contributed by atoms with Crippen LogP contribution in [0.2, 0.25) is 10.0 Å². The summed E-state index contributed by atoms with van der Waals surface area (Å²) in [7, 11) is 0. The van der Waals surface area contributed by atoms with Crippen molar-refractivity contribution in [1.29, 1.82) is 0 Å². The molecule has 0 spiro atoms. The number of halogens is 3. The van der Waals surface area contributed by atoms with Crippen molar-refractivity contribution < 1.29 is 9.18 Å². The molecule has 0 aliphatic heterocycles. The van der Waals surface area contributed by atoms with E-state index in [1.807, 2.05) is 0 Å². The second-order valence-electron chi connectivity index (χ2n) is 4.91. The second-order valence-corrected chi connectivity index (χ2v) is 5.75. The molecule has 3 aromatic rings. The lowest BCUT2D eigenvalue weighted by Gasteiger charge is -2.07. The first-order chi connectivity index (χ1) is 12.0. The molecule has 1 heterocycles. The first kappa shape index (κ1) is 17.1. The van der Waals surface area contributed by atoms with E-state index in [1.165, 1.54) is 41.4 Å². The molecule has 3 rings (SSSR count). The van der Waals surface area contributed by atoms with E-state index in [1.54, 1.807) is 18.2 Å². The lowest BCUT2D eigenvalue weighted by molar-refractivity contribution is -0.111. The first-order valence-corrected chi connectivity index (χ1v) is 7.75. The quantitative estimate of drug-likeness (QED) is 0.702. The van der Waals surface area contributed by atoms with E-state index in [0.717, 1.165) is 0 Å². The Balaban J connectivity index is 1.78. The van der Waals surface area contributed by atoms with E-state index in [2.05, 4.69) is 20.8 Å². The van der Waals surface area contributed by atoms with Crippen LogP contribution in [0.1, 0.15) is 5.56 Å². The summed E-state index contributed by atoms with van der Waals surface area (Å²) in [6.45, 7) is 0. The number of nitrogens with zero attached hydrogens (tertiary/aromatic N) is 4. The summed E-state index contributed by atoms with van der Waals surface area (Å²) >= 11 is 11.9. The summed E-state index contributed by atoms with van der Waals surface area (Å²) in [6, 6.07) is 9.00. The highest BCUT2D eigenvalue weighted by molar-refractivity contribution is 6.34. The SMILES string of the molecule is O=C(C=Cc1cc(Cl)ccc1Cl)Nc1cc(-n2cnnn2)ccc1F. The highest BCUT2D eigenvalue weighted by atomic mass is 35.5. The molecule has 0 aliphatic carbocycles. The van der Waals surface area contributed by atoms with Gasteiger partial charge in [0.25, 0.3) is 0 Å². The van der Waals surface area contributed by atoms with Gasteiger partial charge in [-0.2, -0.15) is 0 Å². The molecule has 9 heteroatoms. The van der Waals surface area contributed by atoms with Gasteiger partial charge in [-0.15, -0.1) is 5.10 Å². The summed E-state index contributed by atoms with van der Waals surface area (Å²) in [5.41, 5.74) is 1.08. The average molecular weight is 378 g/mol. The number of hydrogen-bond donors (Lipinski definition) is 1. The van der Waals surface area contributed by atoms with Gasteiger partial charge in [-0.05, 0) is 58.5 Å². The molecule has 0 saturated heterocycles. The van der Waals surface area contributed by atoms with Crippen LogP contribution >= 0.6 is 23.2 Å². The van der Waals surface area contributed by atoms with Gasteiger partial charge in [-0.1, -0.05) is 23.2 Å². The molecule has 25 heavy (non-hydrogen) atoms. The molecule has 0 unspecified atom stereocenters. The molecule has 1 N–H and O–H groups in total. The zero-order chi connectivity index (χ0) is 17.8. The van der Waals surface area contributed by atoms with Crippen molar-refractivity contribution in [3.8, 4) is 5.69 Å². The largest absolute Gasteiger partial charge is 0.320 e. The highest BCUT2D eigenvalue weighted by Gasteiger charge is 2.08. The number of nitrogens with one attached hydrogen (secondary N) is 1. The number of benzene rings is 2. The number of carbonyl (C=O) groups is 1. The summed E-state index contributed by atoms with van der Waals surface area (Å²) in [5.74, 6) is -1.11. The topological polar surface area (TPSA) is 72.7 Å². The maximum Gasteiger partial charge on any atom is 0.248 e. The van der Waals surface area contributed by atoms with E-state index in [4.69, 9.17) is 23.2 Å². The molecule has 1 amide bonds. The van der Waals surface area contributed by atoms with Gasteiger partial charge in [-0.3, -0.25) is 4.79 Å². The van der Waals surface area contributed by atoms with E-state index < -0.39 is 11.7 Å². The Morgan fingerprint density at radius 2 is 2.04 bits per heavy atom. The van der Waals surface area contributed by atoms with Crippen LogP contribution in [0.15, 0.2) is 48.8 Å². The van der Waals surface area contributed by atoms with Gasteiger partial charge in [-0.25, -0.2) is 9.07 Å². The number of rotatable bonds is 4. The molecule has 0 fully saturated rings. The maximum absolute atomic E-state index is 13.9. The first-order valence-electron chi connectivity index (χ1n) is 7.00. The monoisotopic (exact) mass is 377 g/mol. The average Bonchev–Trinajstić information content (AvgIpc) is 3.12. The Kier molecular flexibility index (Phi) is 5.06. The van der Waals surface area contributed by atoms with Gasteiger partial charge >= 0.3 is 0 Å². The Bertz CT molecular complexity index is 944. The molecule has 0 atom stereocenters. The zero-order valence-corrected chi connectivity index (χ0v) is 14.0. The Labute approximate surface area is 151 Å². The van der Waals surface area contributed by atoms with Crippen molar-refractivity contribution in [3.05, 3.63) is 70.2 Å². The fraction of sp³-hybridized carbons (Fsp3) is 0. The smallest absolute Gasteiger partial charge is 0.248 e. The van der Waals surface area contributed by atoms with Crippen LogP contribution in [0.5, 0.6) is 0 Å². The van der Waals surface area contributed by atoms with Gasteiger partial charge in [0.2, 0.25) is 5.91 Å². The van der Waals surface area contributed by atoms with Gasteiger partial charge in [0.1, 0.15) is 12.1 Å². The van der Waals surface area contributed by atoms with Gasteiger partial charge < -0.3 is 5.32 Å². The fourth-order valence-corrected chi connectivity index (χ4v) is 2.37. The van der Waals surface area contributed by atoms with Crippen molar-refractivity contribution >= 4 is 40.9 Å². The number of tetrazole rings is 1. The van der Waals surface area contributed by atoms with Gasteiger partial charge in [0.15, 0.2) is 0 Å². The lowest BCUT2D eigenvalue weighted by Crippen LogP contribution is -2.10. The summed E-state index contributed by atoms with van der Waals surface area (Å²) in [6.07, 6.45) is 4.09. The predicted molar refractivity (Wildman–Crippen MR) is 93.2 cm³/mol. The van der Waals surface area contributed by atoms with Crippen LogP contribution < -0.4 is 5.32 Å². The summed E-state index contributed by atoms with van der Waals surface area (Å²) < 4.78 is 15.3. The van der Waals surface area contributed by atoms with Gasteiger partial charge in [0.05, 0.1) is 11.4 Å². The minimum atomic E-state index is -0.584. The molecule has 6 nitrogen and oxygen atoms in total. The van der Waals surface area contributed by atoms with Crippen LogP contribution in [0.4, 0.5) is 10.1 Å². The molecular weight excluding hydrogens is 368 g/mol. The van der Waals surface area contributed by atoms with Gasteiger partial charge in [0, 0.05) is 16.1 Å². The lowest BCUT2D eigenvalue weighted by atomic mass is 10.2. The van der Waals surface area contributed by atoms with Crippen LogP contribution in [0.3, 0.4) is 0 Å². The van der Waals surface area contributed by atoms with Crippen molar-refractivity contribution in [3.63, 3.8) is 0 Å². The van der Waals surface area contributed by atoms with E-state index in [0.29, 0.717) is 21.3 Å². The molecular formula is C16H10Cl2FN5O. The van der Waals surface area contributed by atoms with Crippen molar-refractivity contribution in [2.75, 3.05) is 5.32 Å². The molecule has 0 radical (unpaired) electrons. The third kappa shape index (κ3) is 4.20. The van der Waals surface area contributed by atoms with Crippen molar-refractivity contribution in [1.82, 2.24) is 20.2 Å². The van der Waals surface area contributed by atoms with Crippen LogP contribution in [0.25, 0.3) is 11.8 Å². The third-order valence-corrected chi connectivity index (χ3v) is 3.77. The Morgan fingerprint density at radius 3 is 2.80 bits per heavy atom. The Morgan fingerprint density at radius 1 is 1.20 bits per heavy atom. The third-order valence-electron chi connectivity index (χ3n) is 3.19. The van der Waals surface area contributed by atoms with Crippen molar-refractivity contribution in [2.24, 2.45) is 0 Å². The molecule has 0 bridgehead atoms. The number of amides is 1. The number of anilines is 1. The molecule has 2 aromatic carbocycles. The minimum absolute atomic E-state index is 0.000147. The van der Waals surface area contributed by atoms with Crippen LogP contribution in [0, 0.1) is 5.82 Å². The molecule has 1 aromatic heterocycles. The number of carbonyl (C=O) groups excluding carboxylic acids is 1. The fourth-order valence-electron chi connectivity index (χ4n) is 2.01. The Hall–Kier alpha value is -2.77. The van der Waals surface area contributed by atoms with Crippen LogP contribution in [-0.2, 0) is 4.79 Å². The standard InChI is InChI=1S/C16H10Cl2FN5O/c17-11-2-4-13(18)10(7-11)1-6-16(25)21-15-8-12(3-5-14(15)19)24-9-20-22-23-24/h1-9H,(H,21,25). The molecule has 126 valence electrons. The predicted octanol–water partition coefficient (Wildman–Crippen LogP) is 3.76. The second kappa shape index (κ2) is 7.42. The van der Waals surface area contributed by atoms with Crippen molar-refractivity contribution in [2.45, 2.75) is 0 Å². The van der Waals surface area contributed by atoms with E-state index >= 15 is 0 Å². The minimum Gasteiger partial charge on any atom is -0.320 e. The normalized spacial score (nSPS) is 11.0. The number of aromatic nitrogens is 4. The molecule has 0 saturated carbocycles. The van der Waals surface area contributed by atoms with Crippen LogP contribution in [-0.4, -0.2) is 26.1 Å². The summed E-state index contributed by atoms with van der Waals surface area (Å²) in [4.78, 5) is 12.0. The number of hydrogen-bond acceptors (Lipinski definition) is 4. The maximum atomic E-state index is 13.9. The highest BCUT2D eigenvalue weighted by Crippen LogP contribution is 2.22. The van der Waals surface area contributed by atoms with E-state index in [-0.39, 0.29) is 5.69 Å². The van der Waals surface area contributed by atoms with E-state index in [9.17, 15) is 9.18 Å². The zero-order valence-electron chi connectivity index (χ0n) is 12.5. The molecule has 0 aliphatic rings.